The third kappa shape index (κ3) is 1.18. The minimum atomic E-state index is 0.281. The molecule has 0 radical (unpaired) electrons. The van der Waals surface area contributed by atoms with Crippen molar-refractivity contribution >= 4 is 5.76 Å². The van der Waals surface area contributed by atoms with Gasteiger partial charge < -0.3 is 10.2 Å². The number of fused-ring (bicyclic) bond motifs is 1. The van der Waals surface area contributed by atoms with Crippen LogP contribution in [0.4, 0.5) is 0 Å². The predicted molar refractivity (Wildman–Crippen MR) is 51.7 cm³/mol. The molecule has 2 heteroatoms. The molecule has 0 saturated heterocycles. The summed E-state index contributed by atoms with van der Waals surface area (Å²) in [6.07, 6.45) is 2.59. The second-order valence-corrected chi connectivity index (χ2v) is 3.46. The van der Waals surface area contributed by atoms with Crippen molar-refractivity contribution in [2.24, 2.45) is 0 Å². The molecule has 0 aromatic heterocycles. The SMILES string of the molecule is C[C@@H]1CC=C(O)c2cccc(O)c21. The summed E-state index contributed by atoms with van der Waals surface area (Å²) < 4.78 is 0. The van der Waals surface area contributed by atoms with Crippen LogP contribution >= 0.6 is 0 Å². The number of aromatic hydroxyl groups is 1. The largest absolute Gasteiger partial charge is 0.508 e. The molecule has 1 atom stereocenters. The maximum Gasteiger partial charge on any atom is 0.119 e. The van der Waals surface area contributed by atoms with Gasteiger partial charge in [0.1, 0.15) is 11.5 Å². The zero-order chi connectivity index (χ0) is 9.42. The number of phenolic OH excluding ortho intramolecular Hbond substituents is 1. The molecule has 2 N–H and O–H groups in total. The van der Waals surface area contributed by atoms with Crippen molar-refractivity contribution in [2.75, 3.05) is 0 Å². The van der Waals surface area contributed by atoms with Crippen molar-refractivity contribution in [3.63, 3.8) is 0 Å². The number of rotatable bonds is 0. The molecule has 13 heavy (non-hydrogen) atoms. The number of hydrogen-bond acceptors (Lipinski definition) is 2. The Hall–Kier alpha value is -1.44. The van der Waals surface area contributed by atoms with E-state index in [1.807, 2.05) is 13.0 Å². The maximum absolute atomic E-state index is 9.61. The first kappa shape index (κ1) is 8.17. The number of allylic oxidation sites excluding steroid dienone is 1. The van der Waals surface area contributed by atoms with E-state index in [0.29, 0.717) is 0 Å². The molecule has 1 aromatic rings. The van der Waals surface area contributed by atoms with Crippen LogP contribution in [0.15, 0.2) is 24.3 Å². The average molecular weight is 176 g/mol. The van der Waals surface area contributed by atoms with Gasteiger partial charge in [-0.15, -0.1) is 0 Å². The van der Waals surface area contributed by atoms with Crippen molar-refractivity contribution in [3.8, 4) is 5.75 Å². The Morgan fingerprint density at radius 3 is 2.77 bits per heavy atom. The van der Waals surface area contributed by atoms with E-state index >= 15 is 0 Å². The van der Waals surface area contributed by atoms with E-state index < -0.39 is 0 Å². The Morgan fingerprint density at radius 2 is 2.08 bits per heavy atom. The summed E-state index contributed by atoms with van der Waals surface area (Å²) >= 11 is 0. The molecule has 1 aliphatic carbocycles. The van der Waals surface area contributed by atoms with Crippen molar-refractivity contribution in [3.05, 3.63) is 35.4 Å². The zero-order valence-electron chi connectivity index (χ0n) is 7.49. The van der Waals surface area contributed by atoms with Crippen LogP contribution in [0, 0.1) is 0 Å². The van der Waals surface area contributed by atoms with Gasteiger partial charge in [-0.3, -0.25) is 0 Å². The second kappa shape index (κ2) is 2.80. The Kier molecular flexibility index (Phi) is 1.76. The van der Waals surface area contributed by atoms with Gasteiger partial charge in [0.05, 0.1) is 0 Å². The van der Waals surface area contributed by atoms with E-state index in [9.17, 15) is 10.2 Å². The molecule has 68 valence electrons. The molecule has 2 rings (SSSR count). The minimum absolute atomic E-state index is 0.281. The lowest BCUT2D eigenvalue weighted by atomic mass is 9.87. The molecule has 0 spiro atoms. The first-order valence-corrected chi connectivity index (χ1v) is 4.41. The molecule has 0 aliphatic heterocycles. The summed E-state index contributed by atoms with van der Waals surface area (Å²) in [5.74, 6) is 0.848. The van der Waals surface area contributed by atoms with Crippen LogP contribution in [-0.4, -0.2) is 10.2 Å². The lowest BCUT2D eigenvalue weighted by molar-refractivity contribution is 0.455. The first-order chi connectivity index (χ1) is 6.20. The topological polar surface area (TPSA) is 40.5 Å². The molecule has 0 unspecified atom stereocenters. The van der Waals surface area contributed by atoms with Gasteiger partial charge in [-0.25, -0.2) is 0 Å². The van der Waals surface area contributed by atoms with Gasteiger partial charge in [0, 0.05) is 11.1 Å². The van der Waals surface area contributed by atoms with Crippen molar-refractivity contribution in [2.45, 2.75) is 19.3 Å². The number of phenols is 1. The van der Waals surface area contributed by atoms with Crippen molar-refractivity contribution in [1.29, 1.82) is 0 Å². The van der Waals surface area contributed by atoms with Crippen LogP contribution in [0.25, 0.3) is 5.76 Å². The fourth-order valence-electron chi connectivity index (χ4n) is 1.81. The Morgan fingerprint density at radius 1 is 1.31 bits per heavy atom. The lowest BCUT2D eigenvalue weighted by Gasteiger charge is -2.20. The van der Waals surface area contributed by atoms with Crippen LogP contribution in [0.2, 0.25) is 0 Å². The highest BCUT2D eigenvalue weighted by atomic mass is 16.3. The van der Waals surface area contributed by atoms with Gasteiger partial charge >= 0.3 is 0 Å². The smallest absolute Gasteiger partial charge is 0.119 e. The van der Waals surface area contributed by atoms with Gasteiger partial charge in [0.15, 0.2) is 0 Å². The van der Waals surface area contributed by atoms with Gasteiger partial charge in [0.2, 0.25) is 0 Å². The number of hydrogen-bond donors (Lipinski definition) is 2. The Balaban J connectivity index is 2.66. The number of benzene rings is 1. The standard InChI is InChI=1S/C11H12O2/c1-7-5-6-9(12)8-3-2-4-10(13)11(7)8/h2-4,6-7,12-13H,5H2,1H3/t7-/m1/s1. The van der Waals surface area contributed by atoms with E-state index in [1.165, 1.54) is 0 Å². The highest BCUT2D eigenvalue weighted by Crippen LogP contribution is 2.38. The molecule has 0 fully saturated rings. The molecule has 0 bridgehead atoms. The van der Waals surface area contributed by atoms with Gasteiger partial charge in [-0.05, 0) is 24.5 Å². The van der Waals surface area contributed by atoms with Crippen molar-refractivity contribution < 1.29 is 10.2 Å². The first-order valence-electron chi connectivity index (χ1n) is 4.41. The minimum Gasteiger partial charge on any atom is -0.508 e. The molecule has 1 aliphatic rings. The number of aliphatic hydroxyl groups is 1. The van der Waals surface area contributed by atoms with Gasteiger partial charge in [-0.2, -0.15) is 0 Å². The van der Waals surface area contributed by atoms with E-state index in [-0.39, 0.29) is 17.4 Å². The average Bonchev–Trinajstić information content (AvgIpc) is 2.12. The van der Waals surface area contributed by atoms with Crippen LogP contribution in [0.1, 0.15) is 30.4 Å². The van der Waals surface area contributed by atoms with Gasteiger partial charge in [0.25, 0.3) is 0 Å². The number of aliphatic hydroxyl groups excluding tert-OH is 1. The van der Waals surface area contributed by atoms with Crippen LogP contribution in [-0.2, 0) is 0 Å². The summed E-state index contributed by atoms with van der Waals surface area (Å²) in [7, 11) is 0. The molecule has 0 heterocycles. The summed E-state index contributed by atoms with van der Waals surface area (Å²) in [6, 6.07) is 5.24. The summed E-state index contributed by atoms with van der Waals surface area (Å²) in [4.78, 5) is 0. The van der Waals surface area contributed by atoms with Crippen molar-refractivity contribution in [1.82, 2.24) is 0 Å². The highest BCUT2D eigenvalue weighted by Gasteiger charge is 2.20. The Labute approximate surface area is 77.1 Å². The van der Waals surface area contributed by atoms with Crippen LogP contribution in [0.5, 0.6) is 5.75 Å². The third-order valence-electron chi connectivity index (χ3n) is 2.52. The zero-order valence-corrected chi connectivity index (χ0v) is 7.49. The van der Waals surface area contributed by atoms with E-state index in [1.54, 1.807) is 18.2 Å². The molecule has 2 nitrogen and oxygen atoms in total. The third-order valence-corrected chi connectivity index (χ3v) is 2.52. The highest BCUT2D eigenvalue weighted by molar-refractivity contribution is 5.67. The summed E-state index contributed by atoms with van der Waals surface area (Å²) in [5.41, 5.74) is 1.63. The van der Waals surface area contributed by atoms with E-state index in [2.05, 4.69) is 0 Å². The second-order valence-electron chi connectivity index (χ2n) is 3.46. The fraction of sp³-hybridized carbons (Fsp3) is 0.273. The van der Waals surface area contributed by atoms with Gasteiger partial charge in [-0.1, -0.05) is 19.1 Å². The monoisotopic (exact) mass is 176 g/mol. The van der Waals surface area contributed by atoms with E-state index in [0.717, 1.165) is 17.5 Å². The molecule has 1 aromatic carbocycles. The quantitative estimate of drug-likeness (QED) is 0.638. The molecule has 0 amide bonds. The van der Waals surface area contributed by atoms with Crippen LogP contribution < -0.4 is 0 Å². The summed E-state index contributed by atoms with van der Waals surface area (Å²) in [6.45, 7) is 2.04. The molecular formula is C11H12O2. The normalized spacial score (nSPS) is 20.7. The van der Waals surface area contributed by atoms with E-state index in [4.69, 9.17) is 0 Å². The fourth-order valence-corrected chi connectivity index (χ4v) is 1.81. The Bertz CT molecular complexity index is 366. The predicted octanol–water partition coefficient (Wildman–Crippen LogP) is 2.80. The molecular weight excluding hydrogens is 164 g/mol. The molecule has 0 saturated carbocycles. The van der Waals surface area contributed by atoms with Crippen LogP contribution in [0.3, 0.4) is 0 Å². The summed E-state index contributed by atoms with van der Waals surface area (Å²) in [5, 5.41) is 19.2. The lowest BCUT2D eigenvalue weighted by Crippen LogP contribution is -2.03. The maximum atomic E-state index is 9.61.